The summed E-state index contributed by atoms with van der Waals surface area (Å²) in [5.74, 6) is 1.36. The maximum Gasteiger partial charge on any atom is 0.227 e. The molecule has 0 aliphatic carbocycles. The number of aromatic nitrogens is 4. The van der Waals surface area contributed by atoms with E-state index in [0.29, 0.717) is 18.3 Å². The molecule has 0 saturated carbocycles. The van der Waals surface area contributed by atoms with Crippen LogP contribution in [0.4, 0.5) is 17.5 Å². The summed E-state index contributed by atoms with van der Waals surface area (Å²) < 4.78 is 7.51. The van der Waals surface area contributed by atoms with Gasteiger partial charge in [0, 0.05) is 38.4 Å². The van der Waals surface area contributed by atoms with E-state index >= 15 is 0 Å². The molecule has 0 bridgehead atoms. The summed E-state index contributed by atoms with van der Waals surface area (Å²) in [6.07, 6.45) is 1.82. The molecule has 1 aromatic carbocycles. The summed E-state index contributed by atoms with van der Waals surface area (Å²) in [6.45, 7) is 9.81. The SMILES string of the molecule is CC(C)[C@H](CO)Nc1nc(NCc2ccc(N)cc2)c2ncn(CCN3CCOCC3)c2n1. The molecule has 2 aromatic heterocycles. The summed E-state index contributed by atoms with van der Waals surface area (Å²) in [6, 6.07) is 7.60. The number of rotatable bonds is 10. The Labute approximate surface area is 194 Å². The first kappa shape index (κ1) is 23.2. The molecule has 10 heteroatoms. The van der Waals surface area contributed by atoms with Gasteiger partial charge in [-0.05, 0) is 23.6 Å². The summed E-state index contributed by atoms with van der Waals surface area (Å²) in [5, 5.41) is 16.5. The van der Waals surface area contributed by atoms with Gasteiger partial charge in [-0.3, -0.25) is 4.90 Å². The van der Waals surface area contributed by atoms with Crippen molar-refractivity contribution in [3.63, 3.8) is 0 Å². The molecule has 0 unspecified atom stereocenters. The van der Waals surface area contributed by atoms with Gasteiger partial charge in [-0.2, -0.15) is 9.97 Å². The molecular weight excluding hydrogens is 420 g/mol. The Morgan fingerprint density at radius 3 is 2.58 bits per heavy atom. The molecule has 5 N–H and O–H groups in total. The average Bonchev–Trinajstić information content (AvgIpc) is 3.24. The molecule has 4 rings (SSSR count). The fourth-order valence-electron chi connectivity index (χ4n) is 3.78. The van der Waals surface area contributed by atoms with Crippen LogP contribution in [0.3, 0.4) is 0 Å². The zero-order chi connectivity index (χ0) is 23.2. The Morgan fingerprint density at radius 2 is 1.88 bits per heavy atom. The molecule has 1 fully saturated rings. The van der Waals surface area contributed by atoms with E-state index < -0.39 is 0 Å². The van der Waals surface area contributed by atoms with Gasteiger partial charge in [0.2, 0.25) is 5.95 Å². The van der Waals surface area contributed by atoms with Crippen LogP contribution < -0.4 is 16.4 Å². The van der Waals surface area contributed by atoms with Crippen LogP contribution in [0.25, 0.3) is 11.2 Å². The summed E-state index contributed by atoms with van der Waals surface area (Å²) in [7, 11) is 0. The minimum Gasteiger partial charge on any atom is -0.399 e. The number of nitrogens with zero attached hydrogens (tertiary/aromatic N) is 5. The molecule has 178 valence electrons. The van der Waals surface area contributed by atoms with E-state index in [0.717, 1.165) is 61.8 Å². The van der Waals surface area contributed by atoms with Crippen molar-refractivity contribution in [1.29, 1.82) is 0 Å². The number of hydrogen-bond donors (Lipinski definition) is 4. The minimum absolute atomic E-state index is 0.00353. The van der Waals surface area contributed by atoms with Crippen molar-refractivity contribution in [3.05, 3.63) is 36.2 Å². The number of fused-ring (bicyclic) bond motifs is 1. The maximum atomic E-state index is 9.78. The highest BCUT2D eigenvalue weighted by Crippen LogP contribution is 2.23. The highest BCUT2D eigenvalue weighted by Gasteiger charge is 2.18. The van der Waals surface area contributed by atoms with Crippen LogP contribution in [-0.4, -0.2) is 75.0 Å². The van der Waals surface area contributed by atoms with Crippen molar-refractivity contribution in [2.24, 2.45) is 5.92 Å². The van der Waals surface area contributed by atoms with Gasteiger partial charge in [-0.1, -0.05) is 26.0 Å². The number of morpholine rings is 1. The summed E-state index contributed by atoms with van der Waals surface area (Å²) >= 11 is 0. The highest BCUT2D eigenvalue weighted by molar-refractivity contribution is 5.84. The van der Waals surface area contributed by atoms with Crippen LogP contribution in [0.1, 0.15) is 19.4 Å². The molecule has 1 saturated heterocycles. The number of aliphatic hydroxyl groups is 1. The van der Waals surface area contributed by atoms with E-state index in [1.807, 2.05) is 30.6 Å². The predicted octanol–water partition coefficient (Wildman–Crippen LogP) is 1.78. The van der Waals surface area contributed by atoms with Crippen molar-refractivity contribution in [1.82, 2.24) is 24.4 Å². The standard InChI is InChI=1S/C23H34N8O2/c1-16(2)19(14-32)27-23-28-21(25-13-17-3-5-18(24)6-4-17)20-22(29-23)31(15-26-20)8-7-30-9-11-33-12-10-30/h3-6,15-16,19,32H,7-14,24H2,1-2H3,(H2,25,27,28,29)/t19-/m0/s1. The first-order valence-corrected chi connectivity index (χ1v) is 11.5. The Kier molecular flexibility index (Phi) is 7.58. The lowest BCUT2D eigenvalue weighted by atomic mass is 10.1. The predicted molar refractivity (Wildman–Crippen MR) is 130 cm³/mol. The van der Waals surface area contributed by atoms with Gasteiger partial charge >= 0.3 is 0 Å². The van der Waals surface area contributed by atoms with Gasteiger partial charge in [0.05, 0.1) is 32.2 Å². The third-order valence-corrected chi connectivity index (χ3v) is 5.98. The Morgan fingerprint density at radius 1 is 1.12 bits per heavy atom. The monoisotopic (exact) mass is 454 g/mol. The largest absolute Gasteiger partial charge is 0.399 e. The molecular formula is C23H34N8O2. The Balaban J connectivity index is 1.59. The van der Waals surface area contributed by atoms with Crippen LogP contribution in [0.15, 0.2) is 30.6 Å². The molecule has 1 atom stereocenters. The van der Waals surface area contributed by atoms with E-state index in [-0.39, 0.29) is 18.6 Å². The van der Waals surface area contributed by atoms with E-state index in [9.17, 15) is 5.11 Å². The molecule has 10 nitrogen and oxygen atoms in total. The second-order valence-corrected chi connectivity index (χ2v) is 8.73. The minimum atomic E-state index is -0.142. The normalized spacial score (nSPS) is 15.8. The summed E-state index contributed by atoms with van der Waals surface area (Å²) in [5.41, 5.74) is 9.12. The lowest BCUT2D eigenvalue weighted by molar-refractivity contribution is 0.0365. The number of aliphatic hydroxyl groups excluding tert-OH is 1. The number of ether oxygens (including phenoxy) is 1. The smallest absolute Gasteiger partial charge is 0.227 e. The van der Waals surface area contributed by atoms with E-state index in [1.54, 1.807) is 0 Å². The zero-order valence-electron chi connectivity index (χ0n) is 19.4. The Hall–Kier alpha value is -2.95. The van der Waals surface area contributed by atoms with Crippen LogP contribution in [-0.2, 0) is 17.8 Å². The van der Waals surface area contributed by atoms with Crippen LogP contribution in [0.5, 0.6) is 0 Å². The number of nitrogens with one attached hydrogen (secondary N) is 2. The molecule has 3 heterocycles. The molecule has 0 amide bonds. The topological polar surface area (TPSA) is 126 Å². The fourth-order valence-corrected chi connectivity index (χ4v) is 3.78. The van der Waals surface area contributed by atoms with Gasteiger partial charge in [0.1, 0.15) is 0 Å². The van der Waals surface area contributed by atoms with Crippen LogP contribution >= 0.6 is 0 Å². The van der Waals surface area contributed by atoms with Crippen molar-refractivity contribution < 1.29 is 9.84 Å². The molecule has 1 aliphatic heterocycles. The number of nitrogen functional groups attached to an aromatic ring is 1. The van der Waals surface area contributed by atoms with Crippen molar-refractivity contribution in [2.75, 3.05) is 55.8 Å². The van der Waals surface area contributed by atoms with E-state index in [4.69, 9.17) is 20.4 Å². The van der Waals surface area contributed by atoms with Crippen molar-refractivity contribution in [2.45, 2.75) is 33.0 Å². The van der Waals surface area contributed by atoms with E-state index in [1.165, 1.54) is 0 Å². The third-order valence-electron chi connectivity index (χ3n) is 5.98. The summed E-state index contributed by atoms with van der Waals surface area (Å²) in [4.78, 5) is 16.5. The van der Waals surface area contributed by atoms with Gasteiger partial charge in [-0.15, -0.1) is 0 Å². The van der Waals surface area contributed by atoms with Gasteiger partial charge in [-0.25, -0.2) is 4.98 Å². The fraction of sp³-hybridized carbons (Fsp3) is 0.522. The van der Waals surface area contributed by atoms with Crippen molar-refractivity contribution in [3.8, 4) is 0 Å². The number of benzene rings is 1. The lowest BCUT2D eigenvalue weighted by Crippen LogP contribution is -2.38. The van der Waals surface area contributed by atoms with Crippen LogP contribution in [0.2, 0.25) is 0 Å². The molecule has 3 aromatic rings. The third kappa shape index (κ3) is 5.89. The first-order chi connectivity index (χ1) is 16.0. The second kappa shape index (κ2) is 10.8. The van der Waals surface area contributed by atoms with Gasteiger partial charge < -0.3 is 30.8 Å². The number of hydrogen-bond acceptors (Lipinski definition) is 9. The number of imidazole rings is 1. The first-order valence-electron chi connectivity index (χ1n) is 11.5. The molecule has 1 aliphatic rings. The maximum absolute atomic E-state index is 9.78. The number of nitrogens with two attached hydrogens (primary N) is 1. The van der Waals surface area contributed by atoms with Gasteiger partial charge in [0.15, 0.2) is 17.0 Å². The second-order valence-electron chi connectivity index (χ2n) is 8.73. The molecule has 0 spiro atoms. The average molecular weight is 455 g/mol. The van der Waals surface area contributed by atoms with Crippen LogP contribution in [0, 0.1) is 5.92 Å². The van der Waals surface area contributed by atoms with E-state index in [2.05, 4.69) is 38.9 Å². The van der Waals surface area contributed by atoms with Gasteiger partial charge in [0.25, 0.3) is 0 Å². The lowest BCUT2D eigenvalue weighted by Gasteiger charge is -2.26. The number of anilines is 3. The molecule has 33 heavy (non-hydrogen) atoms. The van der Waals surface area contributed by atoms with Crippen molar-refractivity contribution >= 4 is 28.6 Å². The zero-order valence-corrected chi connectivity index (χ0v) is 19.4. The Bertz CT molecular complexity index is 1030. The molecule has 0 radical (unpaired) electrons. The quantitative estimate of drug-likeness (QED) is 0.339. The highest BCUT2D eigenvalue weighted by atomic mass is 16.5.